The molecule has 10 nitrogen and oxygen atoms in total. The monoisotopic (exact) mass is 664 g/mol. The molecule has 1 fully saturated rings. The maximum Gasteiger partial charge on any atom is 0.247 e. The average molecular weight is 665 g/mol. The zero-order valence-corrected chi connectivity index (χ0v) is 28.2. The highest BCUT2D eigenvalue weighted by Gasteiger charge is 2.38. The number of halogens is 2. The van der Waals surface area contributed by atoms with Crippen LogP contribution in [0.2, 0.25) is 24.2 Å². The summed E-state index contributed by atoms with van der Waals surface area (Å²) < 4.78 is 49.0. The molecule has 1 saturated heterocycles. The van der Waals surface area contributed by atoms with Gasteiger partial charge in [-0.15, -0.1) is 14.1 Å². The van der Waals surface area contributed by atoms with E-state index in [9.17, 15) is 27.2 Å². The predicted molar refractivity (Wildman–Crippen MR) is 170 cm³/mol. The second kappa shape index (κ2) is 12.6. The maximum atomic E-state index is 14.4. The van der Waals surface area contributed by atoms with Crippen LogP contribution >= 0.6 is 11.6 Å². The number of carbonyl (C=O) groups is 3. The summed E-state index contributed by atoms with van der Waals surface area (Å²) in [7, 11) is -5.70. The lowest BCUT2D eigenvalue weighted by molar-refractivity contribution is -0.138. The number of nitrogens with one attached hydrogen (secondary N) is 2. The van der Waals surface area contributed by atoms with Crippen molar-refractivity contribution >= 4 is 58.2 Å². The van der Waals surface area contributed by atoms with Crippen molar-refractivity contribution in [3.05, 3.63) is 64.6 Å². The van der Waals surface area contributed by atoms with Gasteiger partial charge in [0.25, 0.3) is 0 Å². The molecule has 14 heteroatoms. The van der Waals surface area contributed by atoms with E-state index in [1.807, 2.05) is 0 Å². The highest BCUT2D eigenvalue weighted by Crippen LogP contribution is 2.30. The van der Waals surface area contributed by atoms with Gasteiger partial charge < -0.3 is 19.5 Å². The van der Waals surface area contributed by atoms with Crippen molar-refractivity contribution in [3.8, 4) is 5.75 Å². The average Bonchev–Trinajstić information content (AvgIpc) is 3.43. The summed E-state index contributed by atoms with van der Waals surface area (Å²) in [6, 6.07) is 9.21. The van der Waals surface area contributed by atoms with E-state index in [2.05, 4.69) is 23.1 Å². The zero-order valence-electron chi connectivity index (χ0n) is 25.7. The fraction of sp³-hybridized carbons (Fsp3) is 0.433. The summed E-state index contributed by atoms with van der Waals surface area (Å²) in [5.41, 5.74) is 0.477. The lowest BCUT2D eigenvalue weighted by Gasteiger charge is -2.28. The molecule has 0 radical (unpaired) electrons. The van der Waals surface area contributed by atoms with E-state index in [-0.39, 0.29) is 47.0 Å². The molecule has 1 aromatic heterocycles. The molecule has 239 valence electrons. The van der Waals surface area contributed by atoms with Crippen LogP contribution in [-0.2, 0) is 32.7 Å². The third-order valence-electron chi connectivity index (χ3n) is 7.21. The SMILES string of the molecule is CC(=O)c1cn(CC(=O)N2C[Si-](C)(C)C[C@H]2C(=O)NCc2cccc(Cl)c2F)c2cc(OCS(=O)(=O)NC(C)(C)C)ccc12. The van der Waals surface area contributed by atoms with E-state index in [1.165, 1.54) is 19.1 Å². The number of Topliss-reactive ketones (excluding diaryl/α,β-unsaturated/α-hetero) is 1. The van der Waals surface area contributed by atoms with Crippen molar-refractivity contribution in [3.63, 3.8) is 0 Å². The number of hydrogen-bond donors (Lipinski definition) is 2. The van der Waals surface area contributed by atoms with Crippen LogP contribution in [0.25, 0.3) is 10.9 Å². The Kier molecular flexibility index (Phi) is 9.64. The van der Waals surface area contributed by atoms with E-state index in [1.54, 1.807) is 60.7 Å². The first-order valence-electron chi connectivity index (χ1n) is 14.1. The van der Waals surface area contributed by atoms with Gasteiger partial charge in [-0.1, -0.05) is 29.9 Å². The standard InChI is InChI=1S/C30H38ClFN4O6SSi/c1-19(37)23-14-35(25-12-21(10-11-22(23)25)42-18-43(40,41)34-30(2,3)4)15-27(38)36-17-44(5,6)16-26(36)29(39)33-13-20-8-7-9-24(31)28(20)32/h7-12,14,26,34H,13,15-18H2,1-6H3,(H,33,39)/q-1/t26-/m0/s1. The first-order valence-corrected chi connectivity index (χ1v) is 19.6. The molecule has 1 aliphatic rings. The minimum atomic E-state index is -3.75. The Labute approximate surface area is 262 Å². The van der Waals surface area contributed by atoms with Crippen LogP contribution in [0.3, 0.4) is 0 Å². The second-order valence-electron chi connectivity index (χ2n) is 13.0. The normalized spacial score (nSPS) is 16.7. The zero-order chi connectivity index (χ0) is 32.6. The summed E-state index contributed by atoms with van der Waals surface area (Å²) in [4.78, 5) is 41.1. The van der Waals surface area contributed by atoms with Gasteiger partial charge in [-0.2, -0.15) is 13.1 Å². The van der Waals surface area contributed by atoms with Crippen LogP contribution in [0, 0.1) is 5.82 Å². The Morgan fingerprint density at radius 1 is 1.16 bits per heavy atom. The largest absolute Gasteiger partial charge is 0.476 e. The Balaban J connectivity index is 1.56. The molecule has 44 heavy (non-hydrogen) atoms. The molecule has 2 amide bonds. The number of sulfonamides is 1. The van der Waals surface area contributed by atoms with Gasteiger partial charge in [-0.25, -0.2) is 17.5 Å². The molecule has 1 aliphatic heterocycles. The number of amides is 2. The molecular weight excluding hydrogens is 627 g/mol. The van der Waals surface area contributed by atoms with Gasteiger partial charge in [0.2, 0.25) is 27.8 Å². The van der Waals surface area contributed by atoms with Gasteiger partial charge in [-0.05, 0) is 45.9 Å². The lowest BCUT2D eigenvalue weighted by atomic mass is 10.1. The highest BCUT2D eigenvalue weighted by atomic mass is 35.5. The first-order chi connectivity index (χ1) is 20.4. The number of rotatable bonds is 10. The minimum Gasteiger partial charge on any atom is -0.476 e. The van der Waals surface area contributed by atoms with Gasteiger partial charge in [0, 0.05) is 40.9 Å². The molecule has 0 spiro atoms. The summed E-state index contributed by atoms with van der Waals surface area (Å²) in [5, 5.41) is 3.31. The van der Waals surface area contributed by atoms with Crippen LogP contribution in [0.4, 0.5) is 4.39 Å². The predicted octanol–water partition coefficient (Wildman–Crippen LogP) is 4.47. The summed E-state index contributed by atoms with van der Waals surface area (Å²) in [6.07, 6.45) is 2.05. The molecule has 2 aromatic carbocycles. The van der Waals surface area contributed by atoms with Crippen molar-refractivity contribution in [2.45, 2.75) is 71.5 Å². The van der Waals surface area contributed by atoms with Gasteiger partial charge in [0.1, 0.15) is 18.1 Å². The van der Waals surface area contributed by atoms with E-state index in [4.69, 9.17) is 16.3 Å². The molecular formula is C30H38ClFN4O6SSi-. The summed E-state index contributed by atoms with van der Waals surface area (Å²) >= 11 is 5.87. The van der Waals surface area contributed by atoms with Crippen molar-refractivity contribution in [1.82, 2.24) is 19.5 Å². The van der Waals surface area contributed by atoms with Crippen molar-refractivity contribution in [1.29, 1.82) is 0 Å². The van der Waals surface area contributed by atoms with Crippen LogP contribution in [0.15, 0.2) is 42.6 Å². The lowest BCUT2D eigenvalue weighted by Crippen LogP contribution is -2.46. The van der Waals surface area contributed by atoms with E-state index < -0.39 is 41.4 Å². The third-order valence-corrected chi connectivity index (χ3v) is 11.5. The molecule has 2 N–H and O–H groups in total. The van der Waals surface area contributed by atoms with Crippen molar-refractivity contribution < 1.29 is 31.9 Å². The highest BCUT2D eigenvalue weighted by molar-refractivity contribution is 7.89. The smallest absolute Gasteiger partial charge is 0.247 e. The number of carbonyl (C=O) groups excluding carboxylic acids is 3. The Morgan fingerprint density at radius 2 is 1.86 bits per heavy atom. The Bertz CT molecular complexity index is 1720. The fourth-order valence-corrected chi connectivity index (χ4v) is 9.78. The fourth-order valence-electron chi connectivity index (χ4n) is 5.40. The Morgan fingerprint density at radius 3 is 2.52 bits per heavy atom. The molecule has 2 heterocycles. The van der Waals surface area contributed by atoms with Gasteiger partial charge in [0.15, 0.2) is 5.78 Å². The van der Waals surface area contributed by atoms with Crippen LogP contribution < -0.4 is 14.8 Å². The quantitative estimate of drug-likeness (QED) is 0.243. The minimum absolute atomic E-state index is 0.0383. The molecule has 0 unspecified atom stereocenters. The van der Waals surface area contributed by atoms with Gasteiger partial charge in [-0.3, -0.25) is 14.4 Å². The number of benzene rings is 2. The Hall–Kier alpha value is -3.26. The van der Waals surface area contributed by atoms with Gasteiger partial charge >= 0.3 is 0 Å². The van der Waals surface area contributed by atoms with Crippen molar-refractivity contribution in [2.24, 2.45) is 0 Å². The number of hydrogen-bond acceptors (Lipinski definition) is 6. The molecule has 3 aromatic rings. The molecule has 0 saturated carbocycles. The molecule has 4 rings (SSSR count). The van der Waals surface area contributed by atoms with Gasteiger partial charge in [0.05, 0.1) is 16.6 Å². The van der Waals surface area contributed by atoms with Crippen LogP contribution in [0.1, 0.15) is 43.6 Å². The first kappa shape index (κ1) is 33.6. The van der Waals surface area contributed by atoms with Crippen LogP contribution in [-0.4, -0.2) is 67.2 Å². The number of nitrogens with zero attached hydrogens (tertiary/aromatic N) is 2. The van der Waals surface area contributed by atoms with E-state index in [0.717, 1.165) is 0 Å². The second-order valence-corrected chi connectivity index (χ2v) is 20.1. The topological polar surface area (TPSA) is 127 Å². The maximum absolute atomic E-state index is 14.4. The third kappa shape index (κ3) is 8.06. The van der Waals surface area contributed by atoms with Crippen molar-refractivity contribution in [2.75, 3.05) is 12.1 Å². The van der Waals surface area contributed by atoms with E-state index in [0.29, 0.717) is 28.7 Å². The molecule has 0 aliphatic carbocycles. The molecule has 0 bridgehead atoms. The number of aromatic nitrogens is 1. The van der Waals surface area contributed by atoms with Crippen LogP contribution in [0.5, 0.6) is 5.75 Å². The van der Waals surface area contributed by atoms with E-state index >= 15 is 0 Å². The number of ether oxygens (including phenoxy) is 1. The summed E-state index contributed by atoms with van der Waals surface area (Å²) in [5.74, 6) is -1.86. The summed E-state index contributed by atoms with van der Waals surface area (Å²) in [6.45, 7) is 10.6. The number of ketones is 1. The number of fused-ring (bicyclic) bond motifs is 1. The molecule has 1 atom stereocenters.